The third-order valence-corrected chi connectivity index (χ3v) is 7.09. The number of aromatic amines is 2. The molecule has 0 radical (unpaired) electrons. The van der Waals surface area contributed by atoms with E-state index in [4.69, 9.17) is 0 Å². The first-order valence-corrected chi connectivity index (χ1v) is 12.4. The molecule has 1 aliphatic rings. The third kappa shape index (κ3) is 4.05. The van der Waals surface area contributed by atoms with Gasteiger partial charge in [0.15, 0.2) is 5.65 Å². The molecule has 37 heavy (non-hydrogen) atoms. The van der Waals surface area contributed by atoms with Crippen molar-refractivity contribution in [2.75, 3.05) is 13.1 Å². The molecular weight excluding hydrogens is 465 g/mol. The van der Waals surface area contributed by atoms with Crippen LogP contribution in [0.15, 0.2) is 73.4 Å². The summed E-state index contributed by atoms with van der Waals surface area (Å²) in [6, 6.07) is 12.9. The van der Waals surface area contributed by atoms with Crippen LogP contribution in [0.25, 0.3) is 55.6 Å². The van der Waals surface area contributed by atoms with E-state index in [0.717, 1.165) is 69.6 Å². The number of H-pyrrole nitrogens is 2. The van der Waals surface area contributed by atoms with Gasteiger partial charge in [0.2, 0.25) is 0 Å². The number of likely N-dealkylation sites (tertiary alicyclic amines) is 1. The van der Waals surface area contributed by atoms with Gasteiger partial charge in [-0.3, -0.25) is 20.0 Å². The summed E-state index contributed by atoms with van der Waals surface area (Å²) in [6.07, 6.45) is 11.8. The smallest absolute Gasteiger partial charge is 0.155 e. The number of nitrogens with one attached hydrogen (secondary N) is 2. The van der Waals surface area contributed by atoms with Crippen molar-refractivity contribution in [2.24, 2.45) is 0 Å². The summed E-state index contributed by atoms with van der Waals surface area (Å²) >= 11 is 0. The van der Waals surface area contributed by atoms with E-state index in [0.29, 0.717) is 5.65 Å². The highest BCUT2D eigenvalue weighted by Crippen LogP contribution is 2.34. The molecule has 0 saturated carbocycles. The molecular formula is C29H24FN7. The molecule has 5 aromatic heterocycles. The maximum absolute atomic E-state index is 13.9. The first-order valence-electron chi connectivity index (χ1n) is 12.4. The van der Waals surface area contributed by atoms with Crippen molar-refractivity contribution < 1.29 is 4.39 Å². The van der Waals surface area contributed by atoms with Gasteiger partial charge in [0.25, 0.3) is 0 Å². The van der Waals surface area contributed by atoms with Gasteiger partial charge in [-0.25, -0.2) is 9.37 Å². The minimum absolute atomic E-state index is 0.277. The number of hydrogen-bond donors (Lipinski definition) is 2. The summed E-state index contributed by atoms with van der Waals surface area (Å²) in [7, 11) is 0. The van der Waals surface area contributed by atoms with E-state index in [9.17, 15) is 4.39 Å². The predicted molar refractivity (Wildman–Crippen MR) is 142 cm³/mol. The van der Waals surface area contributed by atoms with Crippen molar-refractivity contribution in [1.29, 1.82) is 0 Å². The Hall–Kier alpha value is -4.43. The number of benzene rings is 1. The summed E-state index contributed by atoms with van der Waals surface area (Å²) < 4.78 is 13.9. The molecule has 0 amide bonds. The highest BCUT2D eigenvalue weighted by Gasteiger charge is 2.16. The summed E-state index contributed by atoms with van der Waals surface area (Å²) in [4.78, 5) is 19.4. The average molecular weight is 490 g/mol. The van der Waals surface area contributed by atoms with Crippen molar-refractivity contribution in [1.82, 2.24) is 35.0 Å². The lowest BCUT2D eigenvalue weighted by atomic mass is 10.0. The summed E-state index contributed by atoms with van der Waals surface area (Å²) in [5.74, 6) is -0.277. The SMILES string of the molecule is Fc1cccc(-c2cncc3[nH]c(-c4n[nH]c5ncc(-c6cncc(CN7CCCC7)c6)cc45)cc23)c1. The number of pyridine rings is 3. The van der Waals surface area contributed by atoms with Gasteiger partial charge in [-0.2, -0.15) is 5.10 Å². The summed E-state index contributed by atoms with van der Waals surface area (Å²) in [5.41, 5.74) is 8.05. The van der Waals surface area contributed by atoms with E-state index in [-0.39, 0.29) is 5.82 Å². The molecule has 0 spiro atoms. The fourth-order valence-corrected chi connectivity index (χ4v) is 5.26. The second kappa shape index (κ2) is 8.90. The topological polar surface area (TPSA) is 86.4 Å². The number of halogens is 1. The van der Waals surface area contributed by atoms with Crippen LogP contribution in [0.4, 0.5) is 4.39 Å². The molecule has 1 aliphatic heterocycles. The minimum atomic E-state index is -0.277. The van der Waals surface area contributed by atoms with Gasteiger partial charge in [-0.05, 0) is 67.4 Å². The van der Waals surface area contributed by atoms with Crippen molar-refractivity contribution in [3.63, 3.8) is 0 Å². The summed E-state index contributed by atoms with van der Waals surface area (Å²) in [6.45, 7) is 3.22. The highest BCUT2D eigenvalue weighted by atomic mass is 19.1. The van der Waals surface area contributed by atoms with Crippen molar-refractivity contribution >= 4 is 21.9 Å². The number of aromatic nitrogens is 6. The van der Waals surface area contributed by atoms with Gasteiger partial charge >= 0.3 is 0 Å². The zero-order valence-corrected chi connectivity index (χ0v) is 20.1. The standard InChI is InChI=1S/C29H24FN7/c30-22-5-3-4-19(9-22)25-15-32-16-27-23(25)11-26(34-27)28-24-10-21(14-33-29(24)36-35-28)20-8-18(12-31-13-20)17-37-6-1-2-7-37/h3-5,8-16,34H,1-2,6-7,17H2,(H,33,35,36). The average Bonchev–Trinajstić information content (AvgIpc) is 3.67. The van der Waals surface area contributed by atoms with Crippen LogP contribution in [-0.4, -0.2) is 48.1 Å². The van der Waals surface area contributed by atoms with Gasteiger partial charge in [0, 0.05) is 58.8 Å². The van der Waals surface area contributed by atoms with E-state index in [1.165, 1.54) is 30.5 Å². The third-order valence-electron chi connectivity index (χ3n) is 7.09. The van der Waals surface area contributed by atoms with E-state index >= 15 is 0 Å². The molecule has 7 rings (SSSR count). The van der Waals surface area contributed by atoms with Crippen molar-refractivity contribution in [2.45, 2.75) is 19.4 Å². The van der Waals surface area contributed by atoms with Crippen molar-refractivity contribution in [3.05, 3.63) is 84.8 Å². The Morgan fingerprint density at radius 2 is 1.70 bits per heavy atom. The maximum Gasteiger partial charge on any atom is 0.155 e. The first-order chi connectivity index (χ1) is 18.2. The zero-order valence-electron chi connectivity index (χ0n) is 20.1. The molecule has 1 aromatic carbocycles. The van der Waals surface area contributed by atoms with Crippen LogP contribution >= 0.6 is 0 Å². The Morgan fingerprint density at radius 1 is 0.838 bits per heavy atom. The van der Waals surface area contributed by atoms with E-state index < -0.39 is 0 Å². The number of fused-ring (bicyclic) bond motifs is 2. The van der Waals surface area contributed by atoms with Crippen LogP contribution in [0.3, 0.4) is 0 Å². The Bertz CT molecular complexity index is 1750. The van der Waals surface area contributed by atoms with Gasteiger partial charge in [0.1, 0.15) is 11.5 Å². The van der Waals surface area contributed by atoms with Crippen molar-refractivity contribution in [3.8, 4) is 33.6 Å². The van der Waals surface area contributed by atoms with Gasteiger partial charge < -0.3 is 4.98 Å². The molecule has 0 bridgehead atoms. The van der Waals surface area contributed by atoms with Gasteiger partial charge in [-0.1, -0.05) is 12.1 Å². The van der Waals surface area contributed by atoms with Gasteiger partial charge in [0.05, 0.1) is 17.4 Å². The molecule has 7 nitrogen and oxygen atoms in total. The number of hydrogen-bond acceptors (Lipinski definition) is 5. The Balaban J connectivity index is 1.28. The van der Waals surface area contributed by atoms with Crippen LogP contribution in [0.5, 0.6) is 0 Å². The lowest BCUT2D eigenvalue weighted by Crippen LogP contribution is -2.18. The van der Waals surface area contributed by atoms with Crippen LogP contribution in [0.2, 0.25) is 0 Å². The minimum Gasteiger partial charge on any atom is -0.352 e. The largest absolute Gasteiger partial charge is 0.352 e. The highest BCUT2D eigenvalue weighted by molar-refractivity contribution is 6.00. The molecule has 6 heterocycles. The number of rotatable bonds is 5. The Morgan fingerprint density at radius 3 is 2.59 bits per heavy atom. The quantitative estimate of drug-likeness (QED) is 0.312. The second-order valence-electron chi connectivity index (χ2n) is 9.60. The van der Waals surface area contributed by atoms with Gasteiger partial charge in [-0.15, -0.1) is 0 Å². The summed E-state index contributed by atoms with van der Waals surface area (Å²) in [5, 5.41) is 9.50. The Labute approximate surface area is 212 Å². The molecule has 2 N–H and O–H groups in total. The van der Waals surface area contributed by atoms with Crippen LogP contribution < -0.4 is 0 Å². The fourth-order valence-electron chi connectivity index (χ4n) is 5.26. The lowest BCUT2D eigenvalue weighted by molar-refractivity contribution is 0.331. The molecule has 8 heteroatoms. The monoisotopic (exact) mass is 489 g/mol. The molecule has 0 atom stereocenters. The number of nitrogens with zero attached hydrogens (tertiary/aromatic N) is 5. The van der Waals surface area contributed by atoms with Crippen LogP contribution in [-0.2, 0) is 6.54 Å². The van der Waals surface area contributed by atoms with Crippen LogP contribution in [0.1, 0.15) is 18.4 Å². The molecule has 0 aliphatic carbocycles. The zero-order chi connectivity index (χ0) is 24.8. The molecule has 1 fully saturated rings. The normalized spacial score (nSPS) is 14.2. The molecule has 0 unspecified atom stereocenters. The predicted octanol–water partition coefficient (Wildman–Crippen LogP) is 5.97. The maximum atomic E-state index is 13.9. The van der Waals surface area contributed by atoms with Crippen LogP contribution in [0, 0.1) is 5.82 Å². The van der Waals surface area contributed by atoms with E-state index in [1.807, 2.05) is 30.7 Å². The first kappa shape index (κ1) is 21.8. The molecule has 6 aromatic rings. The lowest BCUT2D eigenvalue weighted by Gasteiger charge is -2.14. The Kier molecular flexibility index (Phi) is 5.25. The molecule has 182 valence electrons. The second-order valence-corrected chi connectivity index (χ2v) is 9.60. The fraction of sp³-hybridized carbons (Fsp3) is 0.172. The van der Waals surface area contributed by atoms with E-state index in [1.54, 1.807) is 18.5 Å². The molecule has 1 saturated heterocycles. The van der Waals surface area contributed by atoms with E-state index in [2.05, 4.69) is 47.2 Å².